The number of nitrogens with zero attached hydrogens (tertiary/aromatic N) is 3. The summed E-state index contributed by atoms with van der Waals surface area (Å²) >= 11 is 7.46. The van der Waals surface area contributed by atoms with Gasteiger partial charge in [-0.15, -0.1) is 11.3 Å². The highest BCUT2D eigenvalue weighted by atomic mass is 35.5. The van der Waals surface area contributed by atoms with Crippen LogP contribution in [0, 0.1) is 12.8 Å². The van der Waals surface area contributed by atoms with Crippen LogP contribution >= 0.6 is 22.9 Å². The Labute approximate surface area is 206 Å². The molecule has 0 atom stereocenters. The van der Waals surface area contributed by atoms with Crippen LogP contribution in [0.5, 0.6) is 0 Å². The van der Waals surface area contributed by atoms with Crippen molar-refractivity contribution in [3.63, 3.8) is 0 Å². The normalized spacial score (nSPS) is 14.5. The van der Waals surface area contributed by atoms with Gasteiger partial charge in [0.2, 0.25) is 11.9 Å². The number of piperidine rings is 1. The predicted molar refractivity (Wildman–Crippen MR) is 139 cm³/mol. The second kappa shape index (κ2) is 9.60. The number of hydrogen-bond donors (Lipinski definition) is 1. The summed E-state index contributed by atoms with van der Waals surface area (Å²) in [5.41, 5.74) is 3.66. The third kappa shape index (κ3) is 4.72. The van der Waals surface area contributed by atoms with Gasteiger partial charge < -0.3 is 10.2 Å². The number of anilines is 2. The molecule has 0 spiro atoms. The third-order valence-corrected chi connectivity index (χ3v) is 7.37. The third-order valence-electron chi connectivity index (χ3n) is 6.25. The summed E-state index contributed by atoms with van der Waals surface area (Å²) in [5, 5.41) is 5.47. The molecule has 1 aliphatic heterocycles. The molecule has 1 N–H and O–H groups in total. The van der Waals surface area contributed by atoms with Crippen LogP contribution in [0.3, 0.4) is 0 Å². The fourth-order valence-corrected chi connectivity index (χ4v) is 5.31. The van der Waals surface area contributed by atoms with Crippen molar-refractivity contribution in [2.45, 2.75) is 26.3 Å². The highest BCUT2D eigenvalue weighted by Gasteiger charge is 2.28. The Balaban J connectivity index is 1.36. The monoisotopic (exact) mass is 492 g/mol. The predicted octanol–water partition coefficient (Wildman–Crippen LogP) is 5.32. The molecule has 0 radical (unpaired) electrons. The molecule has 174 valence electrons. The zero-order valence-electron chi connectivity index (χ0n) is 18.8. The van der Waals surface area contributed by atoms with Crippen LogP contribution in [0.1, 0.15) is 24.0 Å². The second-order valence-electron chi connectivity index (χ2n) is 8.68. The van der Waals surface area contributed by atoms with E-state index >= 15 is 0 Å². The Bertz CT molecular complexity index is 1390. The first-order chi connectivity index (χ1) is 16.5. The SMILES string of the molecule is Cc1ccc(Cn2c(N3CCC(C(=O)Nc4cccc(Cl)c4)CC3)nc3ccsc3c2=O)cc1. The van der Waals surface area contributed by atoms with Crippen LogP contribution in [0.25, 0.3) is 10.2 Å². The number of benzene rings is 2. The van der Waals surface area contributed by atoms with Gasteiger partial charge in [0.25, 0.3) is 5.56 Å². The number of carbonyl (C=O) groups excluding carboxylic acids is 1. The van der Waals surface area contributed by atoms with Gasteiger partial charge in [-0.2, -0.15) is 0 Å². The fraction of sp³-hybridized carbons (Fsp3) is 0.269. The lowest BCUT2D eigenvalue weighted by molar-refractivity contribution is -0.120. The number of hydrogen-bond acceptors (Lipinski definition) is 5. The first-order valence-corrected chi connectivity index (χ1v) is 12.6. The summed E-state index contributed by atoms with van der Waals surface area (Å²) in [6.07, 6.45) is 1.38. The van der Waals surface area contributed by atoms with E-state index in [-0.39, 0.29) is 17.4 Å². The second-order valence-corrected chi connectivity index (χ2v) is 10.0. The van der Waals surface area contributed by atoms with Gasteiger partial charge in [-0.1, -0.05) is 47.5 Å². The summed E-state index contributed by atoms with van der Waals surface area (Å²) in [6.45, 7) is 3.82. The number of carbonyl (C=O) groups is 1. The maximum Gasteiger partial charge on any atom is 0.273 e. The summed E-state index contributed by atoms with van der Waals surface area (Å²) in [6, 6.07) is 17.3. The van der Waals surface area contributed by atoms with Crippen molar-refractivity contribution >= 4 is 50.7 Å². The Morgan fingerprint density at radius 2 is 1.91 bits per heavy atom. The molecule has 4 aromatic rings. The van der Waals surface area contributed by atoms with E-state index in [1.165, 1.54) is 16.9 Å². The van der Waals surface area contributed by atoms with Crippen LogP contribution in [0.15, 0.2) is 64.8 Å². The molecule has 3 heterocycles. The van der Waals surface area contributed by atoms with Crippen molar-refractivity contribution in [2.24, 2.45) is 5.92 Å². The Morgan fingerprint density at radius 1 is 1.15 bits per heavy atom. The summed E-state index contributed by atoms with van der Waals surface area (Å²) in [7, 11) is 0. The molecular weight excluding hydrogens is 468 g/mol. The zero-order chi connectivity index (χ0) is 23.7. The molecule has 2 aromatic carbocycles. The lowest BCUT2D eigenvalue weighted by Crippen LogP contribution is -2.41. The summed E-state index contributed by atoms with van der Waals surface area (Å²) < 4.78 is 2.45. The molecule has 0 aliphatic carbocycles. The van der Waals surface area contributed by atoms with Crippen molar-refractivity contribution in [2.75, 3.05) is 23.3 Å². The number of aryl methyl sites for hydroxylation is 1. The minimum Gasteiger partial charge on any atom is -0.342 e. The molecule has 1 fully saturated rings. The molecule has 6 nitrogen and oxygen atoms in total. The van der Waals surface area contributed by atoms with Crippen LogP contribution in [-0.2, 0) is 11.3 Å². The number of rotatable bonds is 5. The molecule has 34 heavy (non-hydrogen) atoms. The van der Waals surface area contributed by atoms with E-state index in [0.717, 1.165) is 11.1 Å². The van der Waals surface area contributed by atoms with Gasteiger partial charge in [-0.05, 0) is 55.0 Å². The largest absolute Gasteiger partial charge is 0.342 e. The fourth-order valence-electron chi connectivity index (χ4n) is 4.34. The van der Waals surface area contributed by atoms with E-state index in [1.807, 2.05) is 30.5 Å². The quantitative estimate of drug-likeness (QED) is 0.409. The Hall–Kier alpha value is -3.16. The van der Waals surface area contributed by atoms with Crippen molar-refractivity contribution in [1.29, 1.82) is 0 Å². The molecule has 0 unspecified atom stereocenters. The lowest BCUT2D eigenvalue weighted by Gasteiger charge is -2.33. The number of aromatic nitrogens is 2. The smallest absolute Gasteiger partial charge is 0.273 e. The van der Waals surface area contributed by atoms with Crippen molar-refractivity contribution in [3.8, 4) is 0 Å². The van der Waals surface area contributed by atoms with Crippen molar-refractivity contribution < 1.29 is 4.79 Å². The van der Waals surface area contributed by atoms with E-state index in [0.29, 0.717) is 53.8 Å². The molecule has 1 aliphatic rings. The number of fused-ring (bicyclic) bond motifs is 1. The summed E-state index contributed by atoms with van der Waals surface area (Å²) in [5.74, 6) is 0.572. The van der Waals surface area contributed by atoms with E-state index < -0.39 is 0 Å². The number of amides is 1. The molecule has 8 heteroatoms. The minimum absolute atomic E-state index is 0.000193. The first-order valence-electron chi connectivity index (χ1n) is 11.3. The van der Waals surface area contributed by atoms with Crippen LogP contribution in [0.4, 0.5) is 11.6 Å². The Kier molecular flexibility index (Phi) is 6.39. The zero-order valence-corrected chi connectivity index (χ0v) is 20.4. The minimum atomic E-state index is -0.0996. The van der Waals surface area contributed by atoms with Gasteiger partial charge in [0.1, 0.15) is 4.70 Å². The average Bonchev–Trinajstić information content (AvgIpc) is 3.31. The highest BCUT2D eigenvalue weighted by Crippen LogP contribution is 2.26. The maximum absolute atomic E-state index is 13.4. The average molecular weight is 493 g/mol. The number of thiophene rings is 1. The van der Waals surface area contributed by atoms with Gasteiger partial charge >= 0.3 is 0 Å². The van der Waals surface area contributed by atoms with Crippen LogP contribution < -0.4 is 15.8 Å². The number of nitrogens with one attached hydrogen (secondary N) is 1. The van der Waals surface area contributed by atoms with Crippen molar-refractivity contribution in [1.82, 2.24) is 9.55 Å². The molecule has 1 saturated heterocycles. The van der Waals surface area contributed by atoms with Crippen molar-refractivity contribution in [3.05, 3.63) is 86.5 Å². The first kappa shape index (κ1) is 22.6. The Morgan fingerprint density at radius 3 is 2.65 bits per heavy atom. The van der Waals surface area contributed by atoms with E-state index in [4.69, 9.17) is 16.6 Å². The maximum atomic E-state index is 13.4. The van der Waals surface area contributed by atoms with Crippen LogP contribution in [0.2, 0.25) is 5.02 Å². The topological polar surface area (TPSA) is 67.2 Å². The molecule has 0 saturated carbocycles. The standard InChI is InChI=1S/C26H25ClN4O2S/c1-17-5-7-18(8-6-17)16-31-25(33)23-22(11-14-34-23)29-26(31)30-12-9-19(10-13-30)24(32)28-21-4-2-3-20(27)15-21/h2-8,11,14-15,19H,9-10,12-13,16H2,1H3,(H,28,32). The molecule has 5 rings (SSSR count). The van der Waals surface area contributed by atoms with E-state index in [1.54, 1.807) is 16.7 Å². The van der Waals surface area contributed by atoms with E-state index in [2.05, 4.69) is 34.5 Å². The van der Waals surface area contributed by atoms with Gasteiger partial charge in [0.05, 0.1) is 12.1 Å². The van der Waals surface area contributed by atoms with E-state index in [9.17, 15) is 9.59 Å². The number of halogens is 1. The lowest BCUT2D eigenvalue weighted by atomic mass is 9.96. The highest BCUT2D eigenvalue weighted by molar-refractivity contribution is 7.17. The molecule has 0 bridgehead atoms. The molecule has 2 aromatic heterocycles. The summed E-state index contributed by atoms with van der Waals surface area (Å²) in [4.78, 5) is 33.2. The molecule has 1 amide bonds. The van der Waals surface area contributed by atoms with Gasteiger partial charge in [0, 0.05) is 29.7 Å². The van der Waals surface area contributed by atoms with Gasteiger partial charge in [-0.3, -0.25) is 14.2 Å². The van der Waals surface area contributed by atoms with Gasteiger partial charge in [0.15, 0.2) is 0 Å². The molecular formula is C26H25ClN4O2S. The van der Waals surface area contributed by atoms with Gasteiger partial charge in [-0.25, -0.2) is 4.98 Å². The van der Waals surface area contributed by atoms with Crippen LogP contribution in [-0.4, -0.2) is 28.5 Å².